The number of likely N-dealkylation sites (tertiary alicyclic amines) is 1. The number of nitrogen functional groups attached to an aromatic ring is 1. The largest absolute Gasteiger partial charge is 0.398 e. The smallest absolute Gasteiger partial charge is 0.319 e. The molecule has 0 aliphatic carbocycles. The zero-order valence-corrected chi connectivity index (χ0v) is 14.2. The quantitative estimate of drug-likeness (QED) is 0.739. The lowest BCUT2D eigenvalue weighted by atomic mass is 10.0. The van der Waals surface area contributed by atoms with Crippen molar-refractivity contribution < 1.29 is 14.0 Å². The number of hydrogen-bond donors (Lipinski definition) is 3. The Morgan fingerprint density at radius 3 is 2.35 bits per heavy atom. The average Bonchev–Trinajstić information content (AvgIpc) is 2.64. The van der Waals surface area contributed by atoms with E-state index in [4.69, 9.17) is 5.73 Å². The topological polar surface area (TPSA) is 87.5 Å². The molecule has 7 heteroatoms. The normalized spacial score (nSPS) is 14.7. The van der Waals surface area contributed by atoms with Crippen LogP contribution < -0.4 is 16.4 Å². The van der Waals surface area contributed by atoms with Gasteiger partial charge in [0.25, 0.3) is 5.91 Å². The molecule has 0 unspecified atom stereocenters. The predicted octanol–water partition coefficient (Wildman–Crippen LogP) is 2.83. The second kappa shape index (κ2) is 7.86. The number of urea groups is 1. The third-order valence-corrected chi connectivity index (χ3v) is 4.41. The van der Waals surface area contributed by atoms with Crippen LogP contribution in [-0.4, -0.2) is 36.0 Å². The van der Waals surface area contributed by atoms with Gasteiger partial charge in [0.2, 0.25) is 0 Å². The summed E-state index contributed by atoms with van der Waals surface area (Å²) in [6.45, 7) is 1.10. The summed E-state index contributed by atoms with van der Waals surface area (Å²) in [4.78, 5) is 26.3. The molecule has 2 aromatic carbocycles. The van der Waals surface area contributed by atoms with Crippen LogP contribution in [0.5, 0.6) is 0 Å². The summed E-state index contributed by atoms with van der Waals surface area (Å²) in [6, 6.07) is 12.2. The number of halogens is 1. The number of carbonyl (C=O) groups is 2. The number of piperidine rings is 1. The fourth-order valence-electron chi connectivity index (χ4n) is 2.97. The summed E-state index contributed by atoms with van der Waals surface area (Å²) in [7, 11) is 0. The molecular formula is C19H21FN4O2. The van der Waals surface area contributed by atoms with E-state index in [1.54, 1.807) is 29.2 Å². The molecule has 136 valence electrons. The lowest BCUT2D eigenvalue weighted by Gasteiger charge is -2.32. The molecule has 1 saturated heterocycles. The molecule has 0 radical (unpaired) electrons. The molecule has 1 heterocycles. The highest BCUT2D eigenvalue weighted by atomic mass is 19.1. The number of nitrogens with two attached hydrogens (primary N) is 1. The van der Waals surface area contributed by atoms with Crippen molar-refractivity contribution in [1.82, 2.24) is 10.2 Å². The van der Waals surface area contributed by atoms with Gasteiger partial charge in [-0.1, -0.05) is 12.1 Å². The van der Waals surface area contributed by atoms with Crippen LogP contribution in [0.2, 0.25) is 0 Å². The first-order valence-corrected chi connectivity index (χ1v) is 8.50. The van der Waals surface area contributed by atoms with Crippen LogP contribution in [0.25, 0.3) is 0 Å². The van der Waals surface area contributed by atoms with E-state index in [1.807, 2.05) is 0 Å². The first-order chi connectivity index (χ1) is 12.5. The van der Waals surface area contributed by atoms with Gasteiger partial charge in [0.1, 0.15) is 5.82 Å². The zero-order valence-electron chi connectivity index (χ0n) is 14.2. The highest BCUT2D eigenvalue weighted by Gasteiger charge is 2.25. The Hall–Kier alpha value is -3.09. The molecule has 0 atom stereocenters. The number of hydrogen-bond acceptors (Lipinski definition) is 3. The minimum Gasteiger partial charge on any atom is -0.398 e. The Morgan fingerprint density at radius 1 is 1.04 bits per heavy atom. The summed E-state index contributed by atoms with van der Waals surface area (Å²) >= 11 is 0. The average molecular weight is 356 g/mol. The molecular weight excluding hydrogens is 335 g/mol. The van der Waals surface area contributed by atoms with Crippen molar-refractivity contribution in [3.8, 4) is 0 Å². The maximum Gasteiger partial charge on any atom is 0.319 e. The van der Waals surface area contributed by atoms with Crippen LogP contribution in [0.4, 0.5) is 20.6 Å². The Bertz CT molecular complexity index is 786. The van der Waals surface area contributed by atoms with Crippen molar-refractivity contribution in [3.05, 3.63) is 59.9 Å². The van der Waals surface area contributed by atoms with E-state index in [0.717, 1.165) is 0 Å². The molecule has 0 saturated carbocycles. The molecule has 3 rings (SSSR count). The molecule has 0 bridgehead atoms. The van der Waals surface area contributed by atoms with Crippen LogP contribution >= 0.6 is 0 Å². The summed E-state index contributed by atoms with van der Waals surface area (Å²) in [5.41, 5.74) is 7.37. The monoisotopic (exact) mass is 356 g/mol. The van der Waals surface area contributed by atoms with Crippen LogP contribution in [0.3, 0.4) is 0 Å². The van der Waals surface area contributed by atoms with E-state index in [9.17, 15) is 14.0 Å². The van der Waals surface area contributed by atoms with Crippen molar-refractivity contribution in [1.29, 1.82) is 0 Å². The highest BCUT2D eigenvalue weighted by Crippen LogP contribution is 2.18. The highest BCUT2D eigenvalue weighted by molar-refractivity contribution is 5.99. The standard InChI is InChI=1S/C19H21FN4O2/c20-13-5-7-14(8-6-13)22-19(26)23-15-9-11-24(12-10-15)18(25)16-3-1-2-4-17(16)21/h1-8,15H,9-12,21H2,(H2,22,23,26). The first kappa shape index (κ1) is 17.7. The number of para-hydroxylation sites is 1. The van der Waals surface area contributed by atoms with Gasteiger partial charge in [0, 0.05) is 30.5 Å². The molecule has 0 aromatic heterocycles. The molecule has 0 spiro atoms. The van der Waals surface area contributed by atoms with E-state index in [-0.39, 0.29) is 23.8 Å². The molecule has 26 heavy (non-hydrogen) atoms. The van der Waals surface area contributed by atoms with E-state index in [0.29, 0.717) is 42.9 Å². The van der Waals surface area contributed by atoms with E-state index < -0.39 is 0 Å². The summed E-state index contributed by atoms with van der Waals surface area (Å²) in [5, 5.41) is 5.56. The van der Waals surface area contributed by atoms with E-state index in [2.05, 4.69) is 10.6 Å². The van der Waals surface area contributed by atoms with Gasteiger partial charge in [0.15, 0.2) is 0 Å². The number of benzene rings is 2. The summed E-state index contributed by atoms with van der Waals surface area (Å²) in [6.07, 6.45) is 1.32. The molecule has 2 aromatic rings. The third kappa shape index (κ3) is 4.30. The number of nitrogens with one attached hydrogen (secondary N) is 2. The van der Waals surface area contributed by atoms with Gasteiger partial charge in [-0.3, -0.25) is 4.79 Å². The maximum absolute atomic E-state index is 12.9. The Kier molecular flexibility index (Phi) is 5.36. The molecule has 1 fully saturated rings. The molecule has 3 amide bonds. The lowest BCUT2D eigenvalue weighted by Crippen LogP contribution is -2.47. The first-order valence-electron chi connectivity index (χ1n) is 8.50. The van der Waals surface area contributed by atoms with Gasteiger partial charge < -0.3 is 21.3 Å². The Morgan fingerprint density at radius 2 is 1.69 bits per heavy atom. The van der Waals surface area contributed by atoms with Crippen molar-refractivity contribution in [2.75, 3.05) is 24.1 Å². The number of carbonyl (C=O) groups excluding carboxylic acids is 2. The van der Waals surface area contributed by atoms with Crippen LogP contribution in [0.15, 0.2) is 48.5 Å². The molecule has 1 aliphatic heterocycles. The molecule has 1 aliphatic rings. The predicted molar refractivity (Wildman–Crippen MR) is 98.3 cm³/mol. The lowest BCUT2D eigenvalue weighted by molar-refractivity contribution is 0.0710. The summed E-state index contributed by atoms with van der Waals surface area (Å²) in [5.74, 6) is -0.440. The van der Waals surface area contributed by atoms with Gasteiger partial charge in [-0.25, -0.2) is 9.18 Å². The minimum absolute atomic E-state index is 0.0207. The maximum atomic E-state index is 12.9. The molecule has 4 N–H and O–H groups in total. The minimum atomic E-state index is -0.355. The van der Waals surface area contributed by atoms with E-state index in [1.165, 1.54) is 24.3 Å². The van der Waals surface area contributed by atoms with Crippen LogP contribution in [0.1, 0.15) is 23.2 Å². The Balaban J connectivity index is 1.49. The fourth-order valence-corrected chi connectivity index (χ4v) is 2.97. The number of amides is 3. The van der Waals surface area contributed by atoms with Gasteiger partial charge in [-0.05, 0) is 49.2 Å². The van der Waals surface area contributed by atoms with Gasteiger partial charge in [-0.15, -0.1) is 0 Å². The number of rotatable bonds is 3. The second-order valence-electron chi connectivity index (χ2n) is 6.26. The van der Waals surface area contributed by atoms with Gasteiger partial charge in [0.05, 0.1) is 5.56 Å². The fraction of sp³-hybridized carbons (Fsp3) is 0.263. The van der Waals surface area contributed by atoms with Crippen LogP contribution in [0, 0.1) is 5.82 Å². The number of nitrogens with zero attached hydrogens (tertiary/aromatic N) is 1. The van der Waals surface area contributed by atoms with Crippen molar-refractivity contribution in [3.63, 3.8) is 0 Å². The molecule has 6 nitrogen and oxygen atoms in total. The van der Waals surface area contributed by atoms with Crippen molar-refractivity contribution in [2.24, 2.45) is 0 Å². The SMILES string of the molecule is Nc1ccccc1C(=O)N1CCC(NC(=O)Nc2ccc(F)cc2)CC1. The second-order valence-corrected chi connectivity index (χ2v) is 6.26. The van der Waals surface area contributed by atoms with Crippen molar-refractivity contribution in [2.45, 2.75) is 18.9 Å². The number of anilines is 2. The third-order valence-electron chi connectivity index (χ3n) is 4.41. The van der Waals surface area contributed by atoms with Crippen molar-refractivity contribution >= 4 is 23.3 Å². The summed E-state index contributed by atoms with van der Waals surface area (Å²) < 4.78 is 12.9. The van der Waals surface area contributed by atoms with E-state index >= 15 is 0 Å². The van der Waals surface area contributed by atoms with Gasteiger partial charge in [-0.2, -0.15) is 0 Å². The Labute approximate surface area is 151 Å². The van der Waals surface area contributed by atoms with Crippen LogP contribution in [-0.2, 0) is 0 Å². The van der Waals surface area contributed by atoms with Gasteiger partial charge >= 0.3 is 6.03 Å². The zero-order chi connectivity index (χ0) is 18.5.